The molecule has 0 radical (unpaired) electrons. The van der Waals surface area contributed by atoms with E-state index in [1.165, 1.54) is 6.42 Å². The van der Waals surface area contributed by atoms with Crippen molar-refractivity contribution in [1.29, 1.82) is 0 Å². The van der Waals surface area contributed by atoms with Crippen LogP contribution >= 0.6 is 0 Å². The SMILES string of the molecule is CC1(C)CC2CC(C)(CN2Cc2oc(CO)cc(=O)c2O)C1. The van der Waals surface area contributed by atoms with E-state index in [9.17, 15) is 15.0 Å². The Kier molecular flexibility index (Phi) is 3.61. The molecular weight excluding hydrogens is 282 g/mol. The van der Waals surface area contributed by atoms with Crippen LogP contribution in [0.3, 0.4) is 0 Å². The van der Waals surface area contributed by atoms with Crippen molar-refractivity contribution in [1.82, 2.24) is 4.90 Å². The van der Waals surface area contributed by atoms with Crippen molar-refractivity contribution in [3.63, 3.8) is 0 Å². The molecule has 5 heteroatoms. The number of aromatic hydroxyl groups is 1. The molecule has 2 unspecified atom stereocenters. The maximum atomic E-state index is 11.7. The van der Waals surface area contributed by atoms with E-state index < -0.39 is 5.43 Å². The Morgan fingerprint density at radius 2 is 2.09 bits per heavy atom. The lowest BCUT2D eigenvalue weighted by molar-refractivity contribution is 0.124. The second-order valence-electron chi connectivity index (χ2n) is 8.13. The van der Waals surface area contributed by atoms with E-state index in [0.717, 1.165) is 25.5 Å². The van der Waals surface area contributed by atoms with Gasteiger partial charge in [-0.2, -0.15) is 0 Å². The number of fused-ring (bicyclic) bond motifs is 2. The fourth-order valence-electron chi connectivity index (χ4n) is 4.72. The van der Waals surface area contributed by atoms with Crippen LogP contribution in [0, 0.1) is 10.8 Å². The van der Waals surface area contributed by atoms with E-state index >= 15 is 0 Å². The van der Waals surface area contributed by atoms with Gasteiger partial charge in [0.05, 0.1) is 6.54 Å². The number of hydrogen-bond donors (Lipinski definition) is 2. The fourth-order valence-corrected chi connectivity index (χ4v) is 4.72. The zero-order valence-corrected chi connectivity index (χ0v) is 13.6. The highest BCUT2D eigenvalue weighted by atomic mass is 16.4. The first-order valence-electron chi connectivity index (χ1n) is 7.91. The second kappa shape index (κ2) is 5.10. The molecule has 2 aliphatic rings. The molecule has 0 amide bonds. The van der Waals surface area contributed by atoms with E-state index in [2.05, 4.69) is 25.7 Å². The lowest BCUT2D eigenvalue weighted by Crippen LogP contribution is -2.34. The van der Waals surface area contributed by atoms with Crippen molar-refractivity contribution < 1.29 is 14.6 Å². The number of likely N-dealkylation sites (tertiary alicyclic amines) is 1. The predicted octanol–water partition coefficient (Wildman–Crippen LogP) is 2.24. The maximum absolute atomic E-state index is 11.7. The van der Waals surface area contributed by atoms with Crippen molar-refractivity contribution in [3.05, 3.63) is 27.8 Å². The van der Waals surface area contributed by atoms with Gasteiger partial charge in [0, 0.05) is 18.7 Å². The smallest absolute Gasteiger partial charge is 0.227 e. The van der Waals surface area contributed by atoms with E-state index in [1.54, 1.807) is 0 Å². The summed E-state index contributed by atoms with van der Waals surface area (Å²) in [6.45, 7) is 7.98. The first kappa shape index (κ1) is 15.6. The van der Waals surface area contributed by atoms with Gasteiger partial charge >= 0.3 is 0 Å². The molecular formula is C17H25NO4. The van der Waals surface area contributed by atoms with Gasteiger partial charge in [0.15, 0.2) is 5.76 Å². The van der Waals surface area contributed by atoms with Crippen LogP contribution in [-0.2, 0) is 13.2 Å². The van der Waals surface area contributed by atoms with Crippen molar-refractivity contribution in [2.45, 2.75) is 59.2 Å². The molecule has 0 aromatic carbocycles. The molecule has 3 rings (SSSR count). The van der Waals surface area contributed by atoms with Gasteiger partial charge in [-0.15, -0.1) is 0 Å². The summed E-state index contributed by atoms with van der Waals surface area (Å²) in [5.74, 6) is 0.139. The largest absolute Gasteiger partial charge is 0.502 e. The molecule has 1 aliphatic heterocycles. The lowest BCUT2D eigenvalue weighted by atomic mass is 9.65. The van der Waals surface area contributed by atoms with Crippen molar-refractivity contribution in [3.8, 4) is 5.75 Å². The number of hydrogen-bond acceptors (Lipinski definition) is 5. The molecule has 1 aliphatic carbocycles. The summed E-state index contributed by atoms with van der Waals surface area (Å²) in [5.41, 5.74) is 0.123. The Hall–Kier alpha value is -1.33. The van der Waals surface area contributed by atoms with Gasteiger partial charge in [-0.3, -0.25) is 9.69 Å². The highest BCUT2D eigenvalue weighted by molar-refractivity contribution is 5.25. The number of aliphatic hydroxyl groups excluding tert-OH is 1. The van der Waals surface area contributed by atoms with Crippen molar-refractivity contribution >= 4 is 0 Å². The summed E-state index contributed by atoms with van der Waals surface area (Å²) in [5, 5.41) is 19.1. The van der Waals surface area contributed by atoms with Crippen molar-refractivity contribution in [2.75, 3.05) is 6.54 Å². The van der Waals surface area contributed by atoms with Gasteiger partial charge in [0.2, 0.25) is 11.2 Å². The molecule has 22 heavy (non-hydrogen) atoms. The van der Waals surface area contributed by atoms with Crippen LogP contribution in [0.2, 0.25) is 0 Å². The minimum atomic E-state index is -0.487. The average Bonchev–Trinajstić information content (AvgIpc) is 2.63. The molecule has 122 valence electrons. The summed E-state index contributed by atoms with van der Waals surface area (Å²) < 4.78 is 5.49. The van der Waals surface area contributed by atoms with Crippen LogP contribution in [0.25, 0.3) is 0 Å². The monoisotopic (exact) mass is 307 g/mol. The highest BCUT2D eigenvalue weighted by Crippen LogP contribution is 2.52. The Morgan fingerprint density at radius 1 is 1.36 bits per heavy atom. The van der Waals surface area contributed by atoms with Crippen LogP contribution in [-0.4, -0.2) is 27.7 Å². The van der Waals surface area contributed by atoms with Gasteiger partial charge < -0.3 is 14.6 Å². The minimum Gasteiger partial charge on any atom is -0.502 e. The van der Waals surface area contributed by atoms with Gasteiger partial charge in [0.25, 0.3) is 0 Å². The number of aliphatic hydroxyl groups is 1. The Labute approximate surface area is 130 Å². The third-order valence-electron chi connectivity index (χ3n) is 5.07. The van der Waals surface area contributed by atoms with Crippen LogP contribution < -0.4 is 5.43 Å². The molecule has 2 atom stereocenters. The minimum absolute atomic E-state index is 0.200. The first-order chi connectivity index (χ1) is 10.2. The molecule has 2 heterocycles. The first-order valence-corrected chi connectivity index (χ1v) is 7.91. The number of rotatable bonds is 3. The molecule has 1 aromatic heterocycles. The third-order valence-corrected chi connectivity index (χ3v) is 5.07. The molecule has 0 spiro atoms. The highest BCUT2D eigenvalue weighted by Gasteiger charge is 2.49. The van der Waals surface area contributed by atoms with Gasteiger partial charge in [-0.05, 0) is 30.1 Å². The average molecular weight is 307 g/mol. The molecule has 2 fully saturated rings. The van der Waals surface area contributed by atoms with Gasteiger partial charge in [-0.1, -0.05) is 20.8 Å². The molecule has 2 N–H and O–H groups in total. The van der Waals surface area contributed by atoms with Gasteiger partial charge in [0.1, 0.15) is 12.4 Å². The molecule has 1 saturated carbocycles. The molecule has 1 saturated heterocycles. The topological polar surface area (TPSA) is 73.9 Å². The van der Waals surface area contributed by atoms with Crippen LogP contribution in [0.4, 0.5) is 0 Å². The number of nitrogens with zero attached hydrogens (tertiary/aromatic N) is 1. The zero-order valence-electron chi connectivity index (χ0n) is 13.6. The standard InChI is InChI=1S/C17H25NO4/c1-16(2)5-11-6-17(3,9-16)10-18(11)7-14-15(21)13(20)4-12(8-19)22-14/h4,11,19,21H,5-10H2,1-3H3. The molecule has 1 aromatic rings. The molecule has 2 bridgehead atoms. The van der Waals surface area contributed by atoms with E-state index in [1.807, 2.05) is 0 Å². The van der Waals surface area contributed by atoms with Crippen LogP contribution in [0.1, 0.15) is 51.6 Å². The zero-order chi connectivity index (χ0) is 16.1. The predicted molar refractivity (Wildman–Crippen MR) is 82.5 cm³/mol. The maximum Gasteiger partial charge on any atom is 0.227 e. The summed E-state index contributed by atoms with van der Waals surface area (Å²) in [4.78, 5) is 14.1. The van der Waals surface area contributed by atoms with E-state index in [-0.39, 0.29) is 29.3 Å². The Balaban J connectivity index is 1.86. The summed E-state index contributed by atoms with van der Waals surface area (Å²) in [6, 6.07) is 1.60. The lowest BCUT2D eigenvalue weighted by Gasteiger charge is -2.39. The normalized spacial score (nSPS) is 30.6. The second-order valence-corrected chi connectivity index (χ2v) is 8.13. The van der Waals surface area contributed by atoms with Crippen LogP contribution in [0.5, 0.6) is 5.75 Å². The fraction of sp³-hybridized carbons (Fsp3) is 0.706. The van der Waals surface area contributed by atoms with E-state index in [0.29, 0.717) is 18.0 Å². The Morgan fingerprint density at radius 3 is 2.77 bits per heavy atom. The van der Waals surface area contributed by atoms with Crippen LogP contribution in [0.15, 0.2) is 15.3 Å². The van der Waals surface area contributed by atoms with Gasteiger partial charge in [-0.25, -0.2) is 0 Å². The Bertz CT molecular complexity index is 636. The third kappa shape index (κ3) is 2.79. The van der Waals surface area contributed by atoms with E-state index in [4.69, 9.17) is 4.42 Å². The summed E-state index contributed by atoms with van der Waals surface area (Å²) >= 11 is 0. The quantitative estimate of drug-likeness (QED) is 0.896. The van der Waals surface area contributed by atoms with Crippen molar-refractivity contribution in [2.24, 2.45) is 10.8 Å². The summed E-state index contributed by atoms with van der Waals surface area (Å²) in [6.07, 6.45) is 3.47. The summed E-state index contributed by atoms with van der Waals surface area (Å²) in [7, 11) is 0. The molecule has 5 nitrogen and oxygen atoms in total.